The molecule has 2 amide bonds. The molecule has 0 bridgehead atoms. The fourth-order valence-corrected chi connectivity index (χ4v) is 3.09. The predicted molar refractivity (Wildman–Crippen MR) is 108 cm³/mol. The molecule has 0 radical (unpaired) electrons. The maximum atomic E-state index is 12.2. The number of carbonyl (C=O) groups excluding carboxylic acids is 2. The summed E-state index contributed by atoms with van der Waals surface area (Å²) >= 11 is 3.40. The van der Waals surface area contributed by atoms with Crippen molar-refractivity contribution in [1.82, 2.24) is 10.2 Å². The summed E-state index contributed by atoms with van der Waals surface area (Å²) in [5.74, 6) is -0.265. The molecule has 2 rings (SSSR count). The molecule has 2 aromatic carbocycles. The monoisotopic (exact) mass is 417 g/mol. The van der Waals surface area contributed by atoms with Crippen molar-refractivity contribution in [1.29, 1.82) is 0 Å². The highest BCUT2D eigenvalue weighted by Crippen LogP contribution is 2.19. The fourth-order valence-electron chi connectivity index (χ4n) is 2.62. The van der Waals surface area contributed by atoms with Crippen LogP contribution >= 0.6 is 15.9 Å². The molecule has 2 aromatic rings. The molecule has 0 aromatic heterocycles. The summed E-state index contributed by atoms with van der Waals surface area (Å²) in [6, 6.07) is 15.4. The minimum Gasteiger partial charge on any atom is -0.348 e. The standard InChI is InChI=1S/C20H24BrN3O2/c1-14-11-17(21)9-10-18(14)23-20(26)13-24(3)12-19(25)22-15(2)16-7-5-4-6-8-16/h4-11,15H,12-13H2,1-3H3,(H,22,25)(H,23,26). The van der Waals surface area contributed by atoms with Crippen LogP contribution in [0.25, 0.3) is 0 Å². The Kier molecular flexibility index (Phi) is 7.36. The first-order chi connectivity index (χ1) is 12.3. The molecule has 1 unspecified atom stereocenters. The van der Waals surface area contributed by atoms with Gasteiger partial charge in [-0.05, 0) is 50.2 Å². The van der Waals surface area contributed by atoms with E-state index in [4.69, 9.17) is 0 Å². The highest BCUT2D eigenvalue weighted by atomic mass is 79.9. The number of nitrogens with zero attached hydrogens (tertiary/aromatic N) is 1. The Hall–Kier alpha value is -2.18. The Balaban J connectivity index is 1.80. The molecule has 0 saturated heterocycles. The van der Waals surface area contributed by atoms with E-state index in [2.05, 4.69) is 26.6 Å². The van der Waals surface area contributed by atoms with Crippen LogP contribution in [0.5, 0.6) is 0 Å². The molecule has 0 spiro atoms. The number of rotatable bonds is 7. The summed E-state index contributed by atoms with van der Waals surface area (Å²) in [4.78, 5) is 26.1. The Bertz CT molecular complexity index is 765. The molecular weight excluding hydrogens is 394 g/mol. The summed E-state index contributed by atoms with van der Waals surface area (Å²) in [5.41, 5.74) is 2.80. The number of hydrogen-bond acceptors (Lipinski definition) is 3. The van der Waals surface area contributed by atoms with Gasteiger partial charge in [0.05, 0.1) is 19.1 Å². The zero-order valence-corrected chi connectivity index (χ0v) is 16.8. The van der Waals surface area contributed by atoms with Gasteiger partial charge < -0.3 is 10.6 Å². The second-order valence-electron chi connectivity index (χ2n) is 6.38. The number of benzene rings is 2. The van der Waals surface area contributed by atoms with Gasteiger partial charge in [0.25, 0.3) is 0 Å². The Morgan fingerprint density at radius 1 is 1.08 bits per heavy atom. The third-order valence-electron chi connectivity index (χ3n) is 3.97. The highest BCUT2D eigenvalue weighted by molar-refractivity contribution is 9.10. The molecule has 0 fully saturated rings. The van der Waals surface area contributed by atoms with Crippen LogP contribution in [0, 0.1) is 6.92 Å². The van der Waals surface area contributed by atoms with Crippen molar-refractivity contribution >= 4 is 33.4 Å². The first-order valence-electron chi connectivity index (χ1n) is 8.44. The minimum atomic E-state index is -0.151. The smallest absolute Gasteiger partial charge is 0.238 e. The summed E-state index contributed by atoms with van der Waals surface area (Å²) < 4.78 is 0.967. The molecule has 138 valence electrons. The largest absolute Gasteiger partial charge is 0.348 e. The van der Waals surface area contributed by atoms with E-state index in [1.54, 1.807) is 11.9 Å². The van der Waals surface area contributed by atoms with E-state index in [9.17, 15) is 9.59 Å². The van der Waals surface area contributed by atoms with Gasteiger partial charge in [-0.3, -0.25) is 14.5 Å². The Labute approximate surface area is 162 Å². The second kappa shape index (κ2) is 9.50. The number of hydrogen-bond donors (Lipinski definition) is 2. The summed E-state index contributed by atoms with van der Waals surface area (Å²) in [6.45, 7) is 4.17. The highest BCUT2D eigenvalue weighted by Gasteiger charge is 2.14. The van der Waals surface area contributed by atoms with Gasteiger partial charge in [-0.1, -0.05) is 46.3 Å². The van der Waals surface area contributed by atoms with Gasteiger partial charge >= 0.3 is 0 Å². The predicted octanol–water partition coefficient (Wildman–Crippen LogP) is 3.51. The number of aryl methyl sites for hydroxylation is 1. The molecule has 0 saturated carbocycles. The minimum absolute atomic E-state index is 0.0728. The molecule has 0 aliphatic heterocycles. The van der Waals surface area contributed by atoms with Crippen LogP contribution in [0.2, 0.25) is 0 Å². The quantitative estimate of drug-likeness (QED) is 0.724. The van der Waals surface area contributed by atoms with E-state index >= 15 is 0 Å². The molecule has 2 N–H and O–H groups in total. The zero-order chi connectivity index (χ0) is 19.1. The van der Waals surface area contributed by atoms with Gasteiger partial charge in [0.2, 0.25) is 11.8 Å². The average Bonchev–Trinajstić information content (AvgIpc) is 2.57. The third-order valence-corrected chi connectivity index (χ3v) is 4.46. The Morgan fingerprint density at radius 2 is 1.73 bits per heavy atom. The van der Waals surface area contributed by atoms with Crippen molar-refractivity contribution in [3.05, 3.63) is 64.1 Å². The SMILES string of the molecule is Cc1cc(Br)ccc1NC(=O)CN(C)CC(=O)NC(C)c1ccccc1. The molecular formula is C20H24BrN3O2. The molecule has 6 heteroatoms. The Morgan fingerprint density at radius 3 is 2.38 bits per heavy atom. The average molecular weight is 418 g/mol. The van der Waals surface area contributed by atoms with E-state index < -0.39 is 0 Å². The van der Waals surface area contributed by atoms with Gasteiger partial charge in [-0.25, -0.2) is 0 Å². The van der Waals surface area contributed by atoms with Crippen LogP contribution < -0.4 is 10.6 Å². The lowest BCUT2D eigenvalue weighted by Crippen LogP contribution is -2.39. The molecule has 26 heavy (non-hydrogen) atoms. The van der Waals surface area contributed by atoms with Crippen molar-refractivity contribution in [2.45, 2.75) is 19.9 Å². The molecule has 0 aliphatic carbocycles. The zero-order valence-electron chi connectivity index (χ0n) is 15.3. The van der Waals surface area contributed by atoms with E-state index in [-0.39, 0.29) is 30.9 Å². The number of carbonyl (C=O) groups is 2. The van der Waals surface area contributed by atoms with Gasteiger partial charge in [-0.2, -0.15) is 0 Å². The number of likely N-dealkylation sites (N-methyl/N-ethyl adjacent to an activating group) is 1. The van der Waals surface area contributed by atoms with Crippen molar-refractivity contribution in [2.24, 2.45) is 0 Å². The van der Waals surface area contributed by atoms with Gasteiger partial charge in [-0.15, -0.1) is 0 Å². The molecule has 1 atom stereocenters. The first-order valence-corrected chi connectivity index (χ1v) is 9.23. The van der Waals surface area contributed by atoms with Crippen LogP contribution in [-0.2, 0) is 9.59 Å². The first kappa shape index (κ1) is 20.1. The summed E-state index contributed by atoms with van der Waals surface area (Å²) in [5, 5.41) is 5.82. The van der Waals surface area contributed by atoms with E-state index in [1.807, 2.05) is 62.4 Å². The van der Waals surface area contributed by atoms with E-state index in [0.29, 0.717) is 0 Å². The number of amides is 2. The van der Waals surface area contributed by atoms with E-state index in [1.165, 1.54) is 0 Å². The van der Waals surface area contributed by atoms with Crippen molar-refractivity contribution in [3.8, 4) is 0 Å². The third kappa shape index (κ3) is 6.28. The number of nitrogens with one attached hydrogen (secondary N) is 2. The topological polar surface area (TPSA) is 61.4 Å². The van der Waals surface area contributed by atoms with E-state index in [0.717, 1.165) is 21.3 Å². The lowest BCUT2D eigenvalue weighted by atomic mass is 10.1. The van der Waals surface area contributed by atoms with Crippen molar-refractivity contribution in [3.63, 3.8) is 0 Å². The summed E-state index contributed by atoms with van der Waals surface area (Å²) in [6.07, 6.45) is 0. The normalized spacial score (nSPS) is 11.9. The molecule has 0 heterocycles. The van der Waals surface area contributed by atoms with Crippen molar-refractivity contribution in [2.75, 3.05) is 25.5 Å². The van der Waals surface area contributed by atoms with Gasteiger partial charge in [0.1, 0.15) is 0 Å². The van der Waals surface area contributed by atoms with Crippen LogP contribution in [0.15, 0.2) is 53.0 Å². The van der Waals surface area contributed by atoms with Crippen LogP contribution in [0.3, 0.4) is 0 Å². The second-order valence-corrected chi connectivity index (χ2v) is 7.30. The molecule has 0 aliphatic rings. The van der Waals surface area contributed by atoms with Crippen LogP contribution in [-0.4, -0.2) is 36.9 Å². The van der Waals surface area contributed by atoms with Crippen molar-refractivity contribution < 1.29 is 9.59 Å². The maximum absolute atomic E-state index is 12.2. The maximum Gasteiger partial charge on any atom is 0.238 e. The lowest BCUT2D eigenvalue weighted by molar-refractivity contribution is -0.123. The van der Waals surface area contributed by atoms with Crippen LogP contribution in [0.4, 0.5) is 5.69 Å². The summed E-state index contributed by atoms with van der Waals surface area (Å²) in [7, 11) is 1.75. The van der Waals surface area contributed by atoms with Crippen LogP contribution in [0.1, 0.15) is 24.1 Å². The number of halogens is 1. The lowest BCUT2D eigenvalue weighted by Gasteiger charge is -2.19. The molecule has 5 nitrogen and oxygen atoms in total. The fraction of sp³-hybridized carbons (Fsp3) is 0.300. The van der Waals surface area contributed by atoms with Gasteiger partial charge in [0.15, 0.2) is 0 Å². The number of anilines is 1. The van der Waals surface area contributed by atoms with Gasteiger partial charge in [0, 0.05) is 10.2 Å².